The van der Waals surface area contributed by atoms with Crippen molar-refractivity contribution in [2.45, 2.75) is 6.42 Å². The van der Waals surface area contributed by atoms with Gasteiger partial charge in [0, 0.05) is 6.54 Å². The first kappa shape index (κ1) is 20.6. The number of para-hydroxylation sites is 1. The lowest BCUT2D eigenvalue weighted by molar-refractivity contribution is -0.122. The van der Waals surface area contributed by atoms with Crippen LogP contribution in [0.15, 0.2) is 94.8 Å². The van der Waals surface area contributed by atoms with E-state index < -0.39 is 5.97 Å². The minimum Gasteiger partial charge on any atom is -0.478 e. The molecule has 0 bridgehead atoms. The molecule has 5 nitrogen and oxygen atoms in total. The van der Waals surface area contributed by atoms with Crippen molar-refractivity contribution in [1.29, 1.82) is 0 Å². The summed E-state index contributed by atoms with van der Waals surface area (Å²) in [6, 6.07) is 26.1. The van der Waals surface area contributed by atoms with Gasteiger partial charge in [-0.15, -0.1) is 0 Å². The van der Waals surface area contributed by atoms with Crippen molar-refractivity contribution in [1.82, 2.24) is 4.90 Å². The van der Waals surface area contributed by atoms with E-state index in [1.165, 1.54) is 23.9 Å². The number of thioether (sulfide) groups is 1. The highest BCUT2D eigenvalue weighted by molar-refractivity contribution is 8.18. The Hall–Kier alpha value is -3.64. The fourth-order valence-electron chi connectivity index (χ4n) is 3.16. The lowest BCUT2D eigenvalue weighted by atomic mass is 10.1. The zero-order valence-electron chi connectivity index (χ0n) is 16.6. The number of hydrogen-bond acceptors (Lipinski definition) is 4. The Labute approximate surface area is 184 Å². The van der Waals surface area contributed by atoms with Gasteiger partial charge in [0.05, 0.1) is 16.2 Å². The molecule has 4 rings (SSSR count). The van der Waals surface area contributed by atoms with Crippen LogP contribution in [0.5, 0.6) is 0 Å². The predicted molar refractivity (Wildman–Crippen MR) is 124 cm³/mol. The van der Waals surface area contributed by atoms with E-state index in [1.54, 1.807) is 23.1 Å². The van der Waals surface area contributed by atoms with Gasteiger partial charge in [-0.1, -0.05) is 60.7 Å². The predicted octanol–water partition coefficient (Wildman–Crippen LogP) is 5.23. The average Bonchev–Trinajstić information content (AvgIpc) is 3.08. The van der Waals surface area contributed by atoms with Gasteiger partial charge in [0.1, 0.15) is 0 Å². The van der Waals surface area contributed by atoms with Gasteiger partial charge >= 0.3 is 5.97 Å². The third-order valence-electron chi connectivity index (χ3n) is 4.79. The quantitative estimate of drug-likeness (QED) is 0.546. The topological polar surface area (TPSA) is 70.0 Å². The van der Waals surface area contributed by atoms with E-state index in [1.807, 2.05) is 60.7 Å². The molecular weight excluding hydrogens is 408 g/mol. The third kappa shape index (κ3) is 5.10. The molecule has 154 valence electrons. The van der Waals surface area contributed by atoms with Crippen molar-refractivity contribution in [3.8, 4) is 0 Å². The summed E-state index contributed by atoms with van der Waals surface area (Å²) in [5, 5.41) is 9.71. The van der Waals surface area contributed by atoms with E-state index in [0.717, 1.165) is 23.2 Å². The summed E-state index contributed by atoms with van der Waals surface area (Å²) in [6.45, 7) is 0.525. The van der Waals surface area contributed by atoms with Crippen LogP contribution in [0.4, 0.5) is 5.69 Å². The number of benzene rings is 3. The number of amides is 1. The number of amidine groups is 1. The summed E-state index contributed by atoms with van der Waals surface area (Å²) < 4.78 is 0. The number of rotatable bonds is 6. The summed E-state index contributed by atoms with van der Waals surface area (Å²) in [4.78, 5) is 31.2. The first-order valence-corrected chi connectivity index (χ1v) is 10.6. The SMILES string of the molecule is O=C(O)c1ccc(/C=C2/SC(=Nc3ccccc3)N(CCc3ccccc3)C2=O)cc1. The van der Waals surface area contributed by atoms with Crippen LogP contribution in [-0.2, 0) is 11.2 Å². The molecule has 1 amide bonds. The Morgan fingerprint density at radius 2 is 1.58 bits per heavy atom. The van der Waals surface area contributed by atoms with Crippen LogP contribution < -0.4 is 0 Å². The minimum atomic E-state index is -0.977. The maximum absolute atomic E-state index is 13.2. The number of carboxylic acid groups (broad SMARTS) is 1. The molecule has 0 unspecified atom stereocenters. The van der Waals surface area contributed by atoms with Crippen LogP contribution in [0.25, 0.3) is 6.08 Å². The van der Waals surface area contributed by atoms with Crippen molar-refractivity contribution in [3.05, 3.63) is 107 Å². The second-order valence-electron chi connectivity index (χ2n) is 6.96. The summed E-state index contributed by atoms with van der Waals surface area (Å²) in [6.07, 6.45) is 2.50. The molecule has 3 aromatic rings. The molecule has 0 radical (unpaired) electrons. The van der Waals surface area contributed by atoms with Crippen molar-refractivity contribution in [3.63, 3.8) is 0 Å². The molecule has 0 atom stereocenters. The molecule has 1 fully saturated rings. The minimum absolute atomic E-state index is 0.0991. The van der Waals surface area contributed by atoms with Crippen LogP contribution >= 0.6 is 11.8 Å². The molecule has 6 heteroatoms. The smallest absolute Gasteiger partial charge is 0.335 e. The largest absolute Gasteiger partial charge is 0.478 e. The van der Waals surface area contributed by atoms with E-state index in [4.69, 9.17) is 10.1 Å². The lowest BCUT2D eigenvalue weighted by Gasteiger charge is -2.15. The maximum Gasteiger partial charge on any atom is 0.335 e. The van der Waals surface area contributed by atoms with Gasteiger partial charge in [-0.3, -0.25) is 9.69 Å². The van der Waals surface area contributed by atoms with Crippen molar-refractivity contribution < 1.29 is 14.7 Å². The molecule has 1 N–H and O–H groups in total. The van der Waals surface area contributed by atoms with Gasteiger partial charge < -0.3 is 5.11 Å². The summed E-state index contributed by atoms with van der Waals surface area (Å²) in [5.41, 5.74) is 2.92. The average molecular weight is 429 g/mol. The Bertz CT molecular complexity index is 1140. The van der Waals surface area contributed by atoms with E-state index >= 15 is 0 Å². The highest BCUT2D eigenvalue weighted by atomic mass is 32.2. The van der Waals surface area contributed by atoms with Gasteiger partial charge in [-0.05, 0) is 59.7 Å². The van der Waals surface area contributed by atoms with E-state index in [9.17, 15) is 9.59 Å². The highest BCUT2D eigenvalue weighted by Gasteiger charge is 2.33. The van der Waals surface area contributed by atoms with Gasteiger partial charge in [-0.25, -0.2) is 9.79 Å². The first-order valence-electron chi connectivity index (χ1n) is 9.82. The summed E-state index contributed by atoms with van der Waals surface area (Å²) in [5.74, 6) is -1.08. The fourth-order valence-corrected chi connectivity index (χ4v) is 4.19. The van der Waals surface area contributed by atoms with E-state index in [0.29, 0.717) is 16.6 Å². The van der Waals surface area contributed by atoms with Gasteiger partial charge in [0.25, 0.3) is 5.91 Å². The monoisotopic (exact) mass is 428 g/mol. The third-order valence-corrected chi connectivity index (χ3v) is 5.80. The Morgan fingerprint density at radius 3 is 2.23 bits per heavy atom. The van der Waals surface area contributed by atoms with Gasteiger partial charge in [0.15, 0.2) is 5.17 Å². The highest BCUT2D eigenvalue weighted by Crippen LogP contribution is 2.34. The van der Waals surface area contributed by atoms with E-state index in [-0.39, 0.29) is 11.5 Å². The molecular formula is C25H20N2O3S. The summed E-state index contributed by atoms with van der Waals surface area (Å²) >= 11 is 1.33. The number of aromatic carboxylic acids is 1. The number of carbonyl (C=O) groups is 2. The van der Waals surface area contributed by atoms with Crippen LogP contribution in [0, 0.1) is 0 Å². The number of carbonyl (C=O) groups excluding carboxylic acids is 1. The van der Waals surface area contributed by atoms with Gasteiger partial charge in [-0.2, -0.15) is 0 Å². The Kier molecular flexibility index (Phi) is 6.29. The van der Waals surface area contributed by atoms with Crippen LogP contribution in [0.2, 0.25) is 0 Å². The zero-order chi connectivity index (χ0) is 21.6. The molecule has 1 aliphatic rings. The fraction of sp³-hybridized carbons (Fsp3) is 0.0800. The normalized spacial score (nSPS) is 16.3. The molecule has 0 saturated carbocycles. The van der Waals surface area contributed by atoms with Crippen LogP contribution in [0.1, 0.15) is 21.5 Å². The van der Waals surface area contributed by atoms with Crippen molar-refractivity contribution >= 4 is 40.6 Å². The number of carboxylic acids is 1. The molecule has 0 aromatic heterocycles. The van der Waals surface area contributed by atoms with E-state index in [2.05, 4.69) is 0 Å². The molecule has 1 saturated heterocycles. The second kappa shape index (κ2) is 9.45. The molecule has 0 spiro atoms. The van der Waals surface area contributed by atoms with Gasteiger partial charge in [0.2, 0.25) is 0 Å². The number of aliphatic imine (C=N–C) groups is 1. The Morgan fingerprint density at radius 1 is 0.935 bits per heavy atom. The lowest BCUT2D eigenvalue weighted by Crippen LogP contribution is -2.31. The Balaban J connectivity index is 1.61. The molecule has 3 aromatic carbocycles. The zero-order valence-corrected chi connectivity index (χ0v) is 17.5. The molecule has 1 aliphatic heterocycles. The number of hydrogen-bond donors (Lipinski definition) is 1. The molecule has 1 heterocycles. The summed E-state index contributed by atoms with van der Waals surface area (Å²) in [7, 11) is 0. The van der Waals surface area contributed by atoms with Crippen molar-refractivity contribution in [2.75, 3.05) is 6.54 Å². The molecule has 31 heavy (non-hydrogen) atoms. The van der Waals surface area contributed by atoms with Crippen LogP contribution in [-0.4, -0.2) is 33.6 Å². The first-order chi connectivity index (χ1) is 15.1. The van der Waals surface area contributed by atoms with Crippen LogP contribution in [0.3, 0.4) is 0 Å². The number of nitrogens with zero attached hydrogens (tertiary/aromatic N) is 2. The standard InChI is InChI=1S/C25H20N2O3S/c28-23-22(17-19-11-13-20(14-12-19)24(29)30)31-25(26-21-9-5-2-6-10-21)27(23)16-15-18-7-3-1-4-8-18/h1-14,17H,15-16H2,(H,29,30)/b22-17+,26-25?. The molecule has 0 aliphatic carbocycles. The van der Waals surface area contributed by atoms with Crippen molar-refractivity contribution in [2.24, 2.45) is 4.99 Å². The second-order valence-corrected chi connectivity index (χ2v) is 7.97. The maximum atomic E-state index is 13.2.